The van der Waals surface area contributed by atoms with Gasteiger partial charge in [0, 0.05) is 29.7 Å². The van der Waals surface area contributed by atoms with Crippen LogP contribution in [-0.2, 0) is 6.42 Å². The Morgan fingerprint density at radius 2 is 2.13 bits per heavy atom. The van der Waals surface area contributed by atoms with E-state index >= 15 is 0 Å². The van der Waals surface area contributed by atoms with Gasteiger partial charge in [0.25, 0.3) is 0 Å². The lowest BCUT2D eigenvalue weighted by Crippen LogP contribution is -2.23. The first-order valence-corrected chi connectivity index (χ1v) is 5.22. The molecule has 1 unspecified atom stereocenters. The van der Waals surface area contributed by atoms with E-state index in [0.717, 1.165) is 11.9 Å². The fraction of sp³-hybridized carbons (Fsp3) is 0.333. The van der Waals surface area contributed by atoms with E-state index in [1.165, 1.54) is 10.9 Å². The molecule has 4 N–H and O–H groups in total. The monoisotopic (exact) mass is 204 g/mol. The van der Waals surface area contributed by atoms with Gasteiger partial charge in [0.1, 0.15) is 0 Å². The van der Waals surface area contributed by atoms with Gasteiger partial charge in [-0.15, -0.1) is 0 Å². The van der Waals surface area contributed by atoms with Gasteiger partial charge in [-0.1, -0.05) is 18.2 Å². The zero-order valence-corrected chi connectivity index (χ0v) is 8.61. The minimum atomic E-state index is 0.0363. The summed E-state index contributed by atoms with van der Waals surface area (Å²) in [5.74, 6) is 0. The van der Waals surface area contributed by atoms with Gasteiger partial charge in [-0.25, -0.2) is 0 Å². The van der Waals surface area contributed by atoms with Crippen molar-refractivity contribution in [2.24, 2.45) is 5.73 Å². The second kappa shape index (κ2) is 4.47. The molecule has 0 bridgehead atoms. The van der Waals surface area contributed by atoms with E-state index in [2.05, 4.69) is 17.1 Å². The minimum Gasteiger partial charge on any atom is -0.396 e. The Morgan fingerprint density at radius 3 is 2.93 bits per heavy atom. The van der Waals surface area contributed by atoms with Gasteiger partial charge in [-0.2, -0.15) is 0 Å². The third-order valence-electron chi connectivity index (χ3n) is 2.66. The predicted molar refractivity (Wildman–Crippen MR) is 61.7 cm³/mol. The first-order valence-electron chi connectivity index (χ1n) is 5.22. The number of aliphatic hydroxyl groups excluding tert-OH is 1. The van der Waals surface area contributed by atoms with Crippen molar-refractivity contribution >= 4 is 10.9 Å². The summed E-state index contributed by atoms with van der Waals surface area (Å²) in [6.07, 6.45) is 3.46. The Bertz CT molecular complexity index is 436. The molecule has 1 aromatic carbocycles. The molecule has 0 radical (unpaired) electrons. The molecular formula is C12H16N2O. The summed E-state index contributed by atoms with van der Waals surface area (Å²) in [7, 11) is 0. The molecule has 0 saturated carbocycles. The molecule has 2 rings (SSSR count). The first-order chi connectivity index (χ1) is 7.31. The van der Waals surface area contributed by atoms with Gasteiger partial charge in [0.15, 0.2) is 0 Å². The van der Waals surface area contributed by atoms with E-state index in [-0.39, 0.29) is 12.6 Å². The van der Waals surface area contributed by atoms with Crippen LogP contribution in [-0.4, -0.2) is 22.7 Å². The predicted octanol–water partition coefficient (Wildman–Crippen LogP) is 1.42. The van der Waals surface area contributed by atoms with Crippen molar-refractivity contribution < 1.29 is 5.11 Å². The minimum absolute atomic E-state index is 0.0363. The highest BCUT2D eigenvalue weighted by atomic mass is 16.3. The van der Waals surface area contributed by atoms with E-state index in [0.29, 0.717) is 6.42 Å². The average molecular weight is 204 g/mol. The average Bonchev–Trinajstić information content (AvgIpc) is 2.62. The van der Waals surface area contributed by atoms with E-state index in [4.69, 9.17) is 10.8 Å². The number of rotatable bonds is 4. The molecule has 1 atom stereocenters. The Labute approximate surface area is 88.9 Å². The zero-order valence-electron chi connectivity index (χ0n) is 8.61. The van der Waals surface area contributed by atoms with Crippen LogP contribution in [0.5, 0.6) is 0 Å². The lowest BCUT2D eigenvalue weighted by Gasteiger charge is -2.08. The summed E-state index contributed by atoms with van der Waals surface area (Å²) >= 11 is 0. The van der Waals surface area contributed by atoms with E-state index in [1.54, 1.807) is 0 Å². The molecule has 0 saturated heterocycles. The van der Waals surface area contributed by atoms with Crippen LogP contribution in [0.2, 0.25) is 0 Å². The van der Waals surface area contributed by atoms with Gasteiger partial charge in [-0.3, -0.25) is 0 Å². The second-order valence-corrected chi connectivity index (χ2v) is 3.84. The van der Waals surface area contributed by atoms with Crippen LogP contribution in [0.25, 0.3) is 10.9 Å². The number of aromatic nitrogens is 1. The highest BCUT2D eigenvalue weighted by molar-refractivity contribution is 5.83. The number of hydrogen-bond donors (Lipinski definition) is 3. The molecular weight excluding hydrogens is 188 g/mol. The maximum absolute atomic E-state index is 8.79. The van der Waals surface area contributed by atoms with Crippen LogP contribution in [0.4, 0.5) is 0 Å². The van der Waals surface area contributed by atoms with Crippen molar-refractivity contribution in [3.05, 3.63) is 36.0 Å². The van der Waals surface area contributed by atoms with E-state index in [9.17, 15) is 0 Å². The number of nitrogens with two attached hydrogens (primary N) is 1. The van der Waals surface area contributed by atoms with Crippen LogP contribution in [0.1, 0.15) is 12.0 Å². The van der Waals surface area contributed by atoms with Crippen molar-refractivity contribution in [2.45, 2.75) is 18.9 Å². The smallest absolute Gasteiger partial charge is 0.0456 e. The second-order valence-electron chi connectivity index (χ2n) is 3.84. The number of H-pyrrole nitrogens is 1. The van der Waals surface area contributed by atoms with Gasteiger partial charge < -0.3 is 15.8 Å². The van der Waals surface area contributed by atoms with Crippen molar-refractivity contribution in [3.63, 3.8) is 0 Å². The van der Waals surface area contributed by atoms with Gasteiger partial charge in [-0.05, 0) is 24.5 Å². The van der Waals surface area contributed by atoms with E-state index in [1.807, 2.05) is 18.3 Å². The molecule has 2 aromatic rings. The topological polar surface area (TPSA) is 62.0 Å². The summed E-state index contributed by atoms with van der Waals surface area (Å²) < 4.78 is 0. The molecule has 3 heteroatoms. The van der Waals surface area contributed by atoms with Crippen molar-refractivity contribution in [2.75, 3.05) is 6.61 Å². The highest BCUT2D eigenvalue weighted by Crippen LogP contribution is 2.18. The van der Waals surface area contributed by atoms with Crippen LogP contribution in [0.15, 0.2) is 30.5 Å². The van der Waals surface area contributed by atoms with Crippen molar-refractivity contribution in [1.29, 1.82) is 0 Å². The molecule has 3 nitrogen and oxygen atoms in total. The molecule has 1 heterocycles. The molecule has 0 spiro atoms. The highest BCUT2D eigenvalue weighted by Gasteiger charge is 2.07. The molecule has 0 fully saturated rings. The fourth-order valence-electron chi connectivity index (χ4n) is 1.85. The van der Waals surface area contributed by atoms with Crippen LogP contribution in [0, 0.1) is 0 Å². The third-order valence-corrected chi connectivity index (χ3v) is 2.66. The third kappa shape index (κ3) is 2.19. The van der Waals surface area contributed by atoms with Crippen LogP contribution >= 0.6 is 0 Å². The molecule has 0 amide bonds. The Hall–Kier alpha value is -1.32. The molecule has 0 aliphatic heterocycles. The van der Waals surface area contributed by atoms with Gasteiger partial charge in [0.05, 0.1) is 0 Å². The van der Waals surface area contributed by atoms with Crippen LogP contribution < -0.4 is 5.73 Å². The summed E-state index contributed by atoms with van der Waals surface area (Å²) in [5.41, 5.74) is 8.26. The summed E-state index contributed by atoms with van der Waals surface area (Å²) in [5, 5.41) is 10.0. The molecule has 1 aromatic heterocycles. The lowest BCUT2D eigenvalue weighted by molar-refractivity contribution is 0.275. The SMILES string of the molecule is NC(CCO)Cc1c[nH]c2ccccc12. The van der Waals surface area contributed by atoms with Crippen molar-refractivity contribution in [1.82, 2.24) is 4.98 Å². The number of nitrogens with one attached hydrogen (secondary N) is 1. The number of para-hydroxylation sites is 1. The summed E-state index contributed by atoms with van der Waals surface area (Å²) in [4.78, 5) is 3.22. The number of aliphatic hydroxyl groups is 1. The Morgan fingerprint density at radius 1 is 1.33 bits per heavy atom. The maximum atomic E-state index is 8.79. The van der Waals surface area contributed by atoms with Crippen molar-refractivity contribution in [3.8, 4) is 0 Å². The largest absolute Gasteiger partial charge is 0.396 e. The fourth-order valence-corrected chi connectivity index (χ4v) is 1.85. The Balaban J connectivity index is 2.21. The number of aromatic amines is 1. The molecule has 0 aliphatic rings. The van der Waals surface area contributed by atoms with E-state index < -0.39 is 0 Å². The normalized spacial score (nSPS) is 13.2. The first kappa shape index (κ1) is 10.2. The molecule has 15 heavy (non-hydrogen) atoms. The Kier molecular flexibility index (Phi) is 3.04. The number of hydrogen-bond acceptors (Lipinski definition) is 2. The maximum Gasteiger partial charge on any atom is 0.0456 e. The molecule has 80 valence electrons. The lowest BCUT2D eigenvalue weighted by atomic mass is 10.0. The molecule has 0 aliphatic carbocycles. The summed E-state index contributed by atoms with van der Waals surface area (Å²) in [6.45, 7) is 0.156. The quantitative estimate of drug-likeness (QED) is 0.705. The van der Waals surface area contributed by atoms with Crippen LogP contribution in [0.3, 0.4) is 0 Å². The summed E-state index contributed by atoms with van der Waals surface area (Å²) in [6, 6.07) is 8.21. The zero-order chi connectivity index (χ0) is 10.7. The number of fused-ring (bicyclic) bond motifs is 1. The van der Waals surface area contributed by atoms with Gasteiger partial charge >= 0.3 is 0 Å². The van der Waals surface area contributed by atoms with Gasteiger partial charge in [0.2, 0.25) is 0 Å². The number of benzene rings is 1. The standard InChI is InChI=1S/C12H16N2O/c13-10(5-6-15)7-9-8-14-12-4-2-1-3-11(9)12/h1-4,8,10,14-15H,5-7,13H2.